The maximum atomic E-state index is 12.3. The van der Waals surface area contributed by atoms with E-state index >= 15 is 0 Å². The molecule has 4 saturated carbocycles. The highest BCUT2D eigenvalue weighted by atomic mass is 16.5. The minimum absolute atomic E-state index is 0.0892. The van der Waals surface area contributed by atoms with Gasteiger partial charge in [0.1, 0.15) is 11.5 Å². The van der Waals surface area contributed by atoms with Crippen LogP contribution in [0.4, 0.5) is 0 Å². The van der Waals surface area contributed by atoms with Gasteiger partial charge in [-0.05, 0) is 73.6 Å². The van der Waals surface area contributed by atoms with Gasteiger partial charge in [0.05, 0.1) is 11.8 Å². The third-order valence-electron chi connectivity index (χ3n) is 7.12. The van der Waals surface area contributed by atoms with E-state index < -0.39 is 0 Å². The summed E-state index contributed by atoms with van der Waals surface area (Å²) in [5.74, 6) is 3.33. The molecule has 2 unspecified atom stereocenters. The van der Waals surface area contributed by atoms with Crippen LogP contribution in [0.3, 0.4) is 0 Å². The minimum atomic E-state index is -0.0892. The standard InChI is InChI=1S/C22H26O4/c23-21(19-15-5-1-2-6-16(15)19)25-13-9-11-14(12-10-13)26-22(24)20-17-7-3-4-8-18(17)20/h9-12,15-20H,1-8H2/t15-,16+,17-,18+,19?,20?. The summed E-state index contributed by atoms with van der Waals surface area (Å²) in [6.45, 7) is 0. The normalized spacial score (nSPS) is 37.1. The van der Waals surface area contributed by atoms with E-state index in [4.69, 9.17) is 9.47 Å². The molecule has 4 aliphatic carbocycles. The van der Waals surface area contributed by atoms with Crippen molar-refractivity contribution in [3.8, 4) is 11.5 Å². The van der Waals surface area contributed by atoms with E-state index in [1.807, 2.05) is 0 Å². The molecule has 0 aliphatic heterocycles. The van der Waals surface area contributed by atoms with Crippen molar-refractivity contribution in [1.29, 1.82) is 0 Å². The van der Waals surface area contributed by atoms with E-state index in [1.165, 1.54) is 51.4 Å². The molecule has 0 aromatic heterocycles. The highest BCUT2D eigenvalue weighted by Crippen LogP contribution is 2.56. The summed E-state index contributed by atoms with van der Waals surface area (Å²) in [7, 11) is 0. The van der Waals surface area contributed by atoms with E-state index in [1.54, 1.807) is 24.3 Å². The number of rotatable bonds is 4. The van der Waals surface area contributed by atoms with Crippen LogP contribution in [0.1, 0.15) is 51.4 Å². The number of ether oxygens (including phenoxy) is 2. The Morgan fingerprint density at radius 3 is 1.23 bits per heavy atom. The molecular weight excluding hydrogens is 328 g/mol. The molecule has 26 heavy (non-hydrogen) atoms. The van der Waals surface area contributed by atoms with Crippen LogP contribution in [-0.2, 0) is 9.59 Å². The molecule has 0 spiro atoms. The molecule has 138 valence electrons. The average molecular weight is 354 g/mol. The summed E-state index contributed by atoms with van der Waals surface area (Å²) >= 11 is 0. The van der Waals surface area contributed by atoms with Gasteiger partial charge in [-0.3, -0.25) is 9.59 Å². The number of benzene rings is 1. The molecule has 4 aliphatic rings. The molecule has 1 aromatic carbocycles. The van der Waals surface area contributed by atoms with Crippen molar-refractivity contribution < 1.29 is 19.1 Å². The Kier molecular flexibility index (Phi) is 4.02. The lowest BCUT2D eigenvalue weighted by molar-refractivity contribution is -0.137. The topological polar surface area (TPSA) is 52.6 Å². The summed E-state index contributed by atoms with van der Waals surface area (Å²) in [5, 5.41) is 0. The molecule has 6 atom stereocenters. The van der Waals surface area contributed by atoms with E-state index in [0.29, 0.717) is 35.2 Å². The first kappa shape index (κ1) is 16.3. The van der Waals surface area contributed by atoms with Crippen LogP contribution in [0.5, 0.6) is 11.5 Å². The fourth-order valence-electron chi connectivity index (χ4n) is 5.63. The second kappa shape index (κ2) is 6.40. The van der Waals surface area contributed by atoms with Gasteiger partial charge in [0.2, 0.25) is 0 Å². The zero-order chi connectivity index (χ0) is 17.7. The SMILES string of the molecule is O=C(Oc1ccc(OC(=O)C2[C@H]3CCCC[C@@H]23)cc1)C1[C@H]2CCCC[C@@H]12. The number of esters is 2. The Morgan fingerprint density at radius 1 is 0.615 bits per heavy atom. The second-order valence-corrected chi connectivity index (χ2v) is 8.59. The summed E-state index contributed by atoms with van der Waals surface area (Å²) in [5.41, 5.74) is 0. The van der Waals surface area contributed by atoms with E-state index in [2.05, 4.69) is 0 Å². The Hall–Kier alpha value is -1.84. The van der Waals surface area contributed by atoms with E-state index in [9.17, 15) is 9.59 Å². The van der Waals surface area contributed by atoms with Crippen LogP contribution in [0.2, 0.25) is 0 Å². The number of carbonyl (C=O) groups excluding carboxylic acids is 2. The Balaban J connectivity index is 1.15. The van der Waals surface area contributed by atoms with Crippen molar-refractivity contribution in [3.05, 3.63) is 24.3 Å². The van der Waals surface area contributed by atoms with Crippen molar-refractivity contribution >= 4 is 11.9 Å². The van der Waals surface area contributed by atoms with Gasteiger partial charge in [0.25, 0.3) is 0 Å². The maximum absolute atomic E-state index is 12.3. The Bertz CT molecular complexity index is 624. The van der Waals surface area contributed by atoms with Crippen LogP contribution >= 0.6 is 0 Å². The van der Waals surface area contributed by atoms with Gasteiger partial charge < -0.3 is 9.47 Å². The highest BCUT2D eigenvalue weighted by molar-refractivity contribution is 5.80. The average Bonchev–Trinajstić information content (AvgIpc) is 3.55. The summed E-state index contributed by atoms with van der Waals surface area (Å²) in [6, 6.07) is 6.91. The first-order chi connectivity index (χ1) is 12.7. The lowest BCUT2D eigenvalue weighted by Gasteiger charge is -2.07. The molecular formula is C22H26O4. The van der Waals surface area contributed by atoms with Gasteiger partial charge >= 0.3 is 11.9 Å². The summed E-state index contributed by atoms with van der Waals surface area (Å²) in [6.07, 6.45) is 9.65. The predicted molar refractivity (Wildman–Crippen MR) is 95.6 cm³/mol. The molecule has 1 aromatic rings. The van der Waals surface area contributed by atoms with Gasteiger partial charge in [-0.2, -0.15) is 0 Å². The smallest absolute Gasteiger partial charge is 0.314 e. The van der Waals surface area contributed by atoms with Crippen LogP contribution in [-0.4, -0.2) is 11.9 Å². The number of hydrogen-bond acceptors (Lipinski definition) is 4. The number of carbonyl (C=O) groups is 2. The van der Waals surface area contributed by atoms with Crippen molar-refractivity contribution in [2.45, 2.75) is 51.4 Å². The fraction of sp³-hybridized carbons (Fsp3) is 0.636. The molecule has 4 nitrogen and oxygen atoms in total. The van der Waals surface area contributed by atoms with Crippen LogP contribution in [0.25, 0.3) is 0 Å². The molecule has 5 rings (SSSR count). The Morgan fingerprint density at radius 2 is 0.923 bits per heavy atom. The van der Waals surface area contributed by atoms with Crippen molar-refractivity contribution in [3.63, 3.8) is 0 Å². The molecule has 0 saturated heterocycles. The van der Waals surface area contributed by atoms with Gasteiger partial charge in [0.15, 0.2) is 0 Å². The van der Waals surface area contributed by atoms with Crippen LogP contribution in [0, 0.1) is 35.5 Å². The second-order valence-electron chi connectivity index (χ2n) is 8.59. The molecule has 4 heteroatoms. The van der Waals surface area contributed by atoms with E-state index in [-0.39, 0.29) is 23.8 Å². The Labute approximate surface area is 154 Å². The first-order valence-electron chi connectivity index (χ1n) is 10.3. The van der Waals surface area contributed by atoms with Gasteiger partial charge in [-0.1, -0.05) is 25.7 Å². The van der Waals surface area contributed by atoms with Crippen molar-refractivity contribution in [2.24, 2.45) is 35.5 Å². The maximum Gasteiger partial charge on any atom is 0.314 e. The molecule has 4 fully saturated rings. The minimum Gasteiger partial charge on any atom is -0.426 e. The van der Waals surface area contributed by atoms with Crippen LogP contribution < -0.4 is 9.47 Å². The quantitative estimate of drug-likeness (QED) is 0.595. The summed E-state index contributed by atoms with van der Waals surface area (Å²) in [4.78, 5) is 24.7. The lowest BCUT2D eigenvalue weighted by atomic mass is 10.0. The number of hydrogen-bond donors (Lipinski definition) is 0. The molecule has 0 heterocycles. The zero-order valence-corrected chi connectivity index (χ0v) is 15.1. The molecule has 0 amide bonds. The third kappa shape index (κ3) is 2.93. The fourth-order valence-corrected chi connectivity index (χ4v) is 5.63. The third-order valence-corrected chi connectivity index (χ3v) is 7.12. The first-order valence-corrected chi connectivity index (χ1v) is 10.3. The van der Waals surface area contributed by atoms with Crippen molar-refractivity contribution in [2.75, 3.05) is 0 Å². The lowest BCUT2D eigenvalue weighted by Crippen LogP contribution is -2.13. The van der Waals surface area contributed by atoms with Gasteiger partial charge in [-0.25, -0.2) is 0 Å². The predicted octanol–water partition coefficient (Wildman–Crippen LogP) is 4.37. The zero-order valence-electron chi connectivity index (χ0n) is 15.1. The largest absolute Gasteiger partial charge is 0.426 e. The number of fused-ring (bicyclic) bond motifs is 2. The van der Waals surface area contributed by atoms with Crippen LogP contribution in [0.15, 0.2) is 24.3 Å². The van der Waals surface area contributed by atoms with Gasteiger partial charge in [-0.15, -0.1) is 0 Å². The van der Waals surface area contributed by atoms with Gasteiger partial charge in [0, 0.05) is 0 Å². The van der Waals surface area contributed by atoms with Crippen molar-refractivity contribution in [1.82, 2.24) is 0 Å². The monoisotopic (exact) mass is 354 g/mol. The molecule has 0 N–H and O–H groups in total. The molecule has 0 bridgehead atoms. The highest BCUT2D eigenvalue weighted by Gasteiger charge is 2.56. The molecule has 0 radical (unpaired) electrons. The van der Waals surface area contributed by atoms with E-state index in [0.717, 1.165) is 0 Å². The summed E-state index contributed by atoms with van der Waals surface area (Å²) < 4.78 is 11.1.